The Morgan fingerprint density at radius 2 is 1.56 bits per heavy atom. The number of rotatable bonds is 13. The maximum Gasteiger partial charge on any atom is 0.243 e. The summed E-state index contributed by atoms with van der Waals surface area (Å²) in [6.45, 7) is 8.81. The molecule has 2 fully saturated rings. The van der Waals surface area contributed by atoms with Gasteiger partial charge in [-0.15, -0.1) is 0 Å². The Balaban J connectivity index is 1.27. The van der Waals surface area contributed by atoms with Crippen LogP contribution in [0.15, 0.2) is 55.1 Å². The first-order valence-electron chi connectivity index (χ1n) is 16.2. The summed E-state index contributed by atoms with van der Waals surface area (Å²) in [7, 11) is 0. The van der Waals surface area contributed by atoms with Gasteiger partial charge in [-0.1, -0.05) is 101 Å². The Labute approximate surface area is 239 Å². The largest absolute Gasteiger partial charge is 0.353 e. The van der Waals surface area contributed by atoms with Crippen LogP contribution in [0.1, 0.15) is 120 Å². The lowest BCUT2D eigenvalue weighted by atomic mass is 9.68. The van der Waals surface area contributed by atoms with Gasteiger partial charge < -0.3 is 5.32 Å². The molecule has 0 saturated heterocycles. The van der Waals surface area contributed by atoms with Crippen molar-refractivity contribution in [3.05, 3.63) is 71.8 Å². The van der Waals surface area contributed by atoms with E-state index in [0.29, 0.717) is 6.54 Å². The van der Waals surface area contributed by atoms with Gasteiger partial charge in [-0.25, -0.2) is 0 Å². The SMILES string of the molecule is C=CC(=O)NCCCc1ccc(-c2ccc(C3CCC(C4CCC(CCCCC)CC4)CC3)cc2CC)cc1. The molecule has 2 aromatic carbocycles. The Bertz CT molecular complexity index is 1020. The maximum atomic E-state index is 11.3. The smallest absolute Gasteiger partial charge is 0.243 e. The van der Waals surface area contributed by atoms with Gasteiger partial charge in [0.15, 0.2) is 0 Å². The van der Waals surface area contributed by atoms with Gasteiger partial charge in [-0.2, -0.15) is 0 Å². The number of carbonyl (C=O) groups excluding carboxylic acids is 1. The molecule has 4 rings (SSSR count). The molecule has 2 aliphatic carbocycles. The number of aryl methyl sites for hydroxylation is 2. The van der Waals surface area contributed by atoms with Gasteiger partial charge in [-0.05, 0) is 115 Å². The summed E-state index contributed by atoms with van der Waals surface area (Å²) in [5.74, 6) is 3.68. The highest BCUT2D eigenvalue weighted by Gasteiger charge is 2.31. The molecule has 2 nitrogen and oxygen atoms in total. The quantitative estimate of drug-likeness (QED) is 0.204. The van der Waals surface area contributed by atoms with Crippen LogP contribution in [0.25, 0.3) is 11.1 Å². The third-order valence-corrected chi connectivity index (χ3v) is 9.92. The topological polar surface area (TPSA) is 29.1 Å². The fourth-order valence-corrected chi connectivity index (χ4v) is 7.42. The average Bonchev–Trinajstić information content (AvgIpc) is 3.00. The molecule has 0 bridgehead atoms. The zero-order chi connectivity index (χ0) is 27.5. The van der Waals surface area contributed by atoms with E-state index in [9.17, 15) is 4.79 Å². The lowest BCUT2D eigenvalue weighted by Gasteiger charge is -2.38. The molecule has 1 amide bonds. The molecule has 0 spiro atoms. The van der Waals surface area contributed by atoms with E-state index in [1.807, 2.05) is 0 Å². The summed E-state index contributed by atoms with van der Waals surface area (Å²) < 4.78 is 0. The number of amides is 1. The van der Waals surface area contributed by atoms with Crippen molar-refractivity contribution < 1.29 is 4.79 Å². The molecule has 0 radical (unpaired) electrons. The second-order valence-corrected chi connectivity index (χ2v) is 12.5. The van der Waals surface area contributed by atoms with E-state index in [2.05, 4.69) is 68.2 Å². The first kappa shape index (κ1) is 29.6. The first-order valence-corrected chi connectivity index (χ1v) is 16.2. The molecule has 212 valence electrons. The molecule has 0 atom stereocenters. The number of nitrogens with one attached hydrogen (secondary N) is 1. The van der Waals surface area contributed by atoms with Crippen molar-refractivity contribution in [3.63, 3.8) is 0 Å². The van der Waals surface area contributed by atoms with Crippen LogP contribution >= 0.6 is 0 Å². The van der Waals surface area contributed by atoms with Crippen molar-refractivity contribution in [2.24, 2.45) is 17.8 Å². The second kappa shape index (κ2) is 15.4. The van der Waals surface area contributed by atoms with E-state index in [4.69, 9.17) is 0 Å². The number of carbonyl (C=O) groups is 1. The van der Waals surface area contributed by atoms with Gasteiger partial charge in [0.2, 0.25) is 5.91 Å². The highest BCUT2D eigenvalue weighted by molar-refractivity contribution is 5.86. The van der Waals surface area contributed by atoms with Crippen LogP contribution in [-0.4, -0.2) is 12.5 Å². The Morgan fingerprint density at radius 1 is 0.872 bits per heavy atom. The number of unbranched alkanes of at least 4 members (excludes halogenated alkanes) is 2. The van der Waals surface area contributed by atoms with Crippen LogP contribution in [0.2, 0.25) is 0 Å². The van der Waals surface area contributed by atoms with Crippen LogP contribution < -0.4 is 5.32 Å². The van der Waals surface area contributed by atoms with Gasteiger partial charge in [0.1, 0.15) is 0 Å². The molecule has 1 N–H and O–H groups in total. The summed E-state index contributed by atoms with van der Waals surface area (Å²) in [5, 5.41) is 2.86. The zero-order valence-corrected chi connectivity index (χ0v) is 24.9. The van der Waals surface area contributed by atoms with E-state index in [-0.39, 0.29) is 5.91 Å². The number of benzene rings is 2. The molecule has 0 heterocycles. The summed E-state index contributed by atoms with van der Waals surface area (Å²) >= 11 is 0. The monoisotopic (exact) mass is 527 g/mol. The summed E-state index contributed by atoms with van der Waals surface area (Å²) in [6, 6.07) is 16.4. The van der Waals surface area contributed by atoms with Gasteiger partial charge in [0.05, 0.1) is 0 Å². The van der Waals surface area contributed by atoms with Crippen LogP contribution in [0.3, 0.4) is 0 Å². The van der Waals surface area contributed by atoms with Gasteiger partial charge in [0.25, 0.3) is 0 Å². The summed E-state index contributed by atoms with van der Waals surface area (Å²) in [4.78, 5) is 11.3. The van der Waals surface area contributed by atoms with Crippen LogP contribution in [0.4, 0.5) is 0 Å². The van der Waals surface area contributed by atoms with Crippen molar-refractivity contribution >= 4 is 5.91 Å². The number of hydrogen-bond donors (Lipinski definition) is 1. The highest BCUT2D eigenvalue weighted by atomic mass is 16.1. The number of hydrogen-bond acceptors (Lipinski definition) is 1. The Morgan fingerprint density at radius 3 is 2.21 bits per heavy atom. The lowest BCUT2D eigenvalue weighted by Crippen LogP contribution is -2.25. The standard InChI is InChI=1S/C37H53NO/c1-4-7-8-10-28-12-16-31(17-13-28)32-20-22-33(23-21-32)35-24-25-36(30(5-2)27-35)34-18-14-29(15-19-34)11-9-26-38-37(39)6-3/h6,14-15,18-19,24-25,27-28,31-33H,3-5,7-13,16-17,20-23,26H2,1-2H3,(H,38,39). The van der Waals surface area contributed by atoms with Crippen molar-refractivity contribution in [2.75, 3.05) is 6.54 Å². The molecule has 0 aromatic heterocycles. The molecular weight excluding hydrogens is 474 g/mol. The summed E-state index contributed by atoms with van der Waals surface area (Å²) in [6.07, 6.45) is 21.7. The first-order chi connectivity index (χ1) is 19.1. The fourth-order valence-electron chi connectivity index (χ4n) is 7.42. The van der Waals surface area contributed by atoms with Crippen molar-refractivity contribution in [3.8, 4) is 11.1 Å². The predicted octanol–water partition coefficient (Wildman–Crippen LogP) is 9.81. The average molecular weight is 528 g/mol. The lowest BCUT2D eigenvalue weighted by molar-refractivity contribution is -0.116. The van der Waals surface area contributed by atoms with Crippen LogP contribution in [0, 0.1) is 17.8 Å². The molecule has 2 saturated carbocycles. The van der Waals surface area contributed by atoms with E-state index in [0.717, 1.165) is 42.9 Å². The van der Waals surface area contributed by atoms with Crippen LogP contribution in [-0.2, 0) is 17.6 Å². The molecule has 0 unspecified atom stereocenters. The molecule has 2 heteroatoms. The van der Waals surface area contributed by atoms with Crippen LogP contribution in [0.5, 0.6) is 0 Å². The highest BCUT2D eigenvalue weighted by Crippen LogP contribution is 2.45. The molecule has 2 aliphatic rings. The third-order valence-electron chi connectivity index (χ3n) is 9.92. The zero-order valence-electron chi connectivity index (χ0n) is 24.9. The fraction of sp³-hybridized carbons (Fsp3) is 0.595. The maximum absolute atomic E-state index is 11.3. The molecule has 0 aliphatic heterocycles. The van der Waals surface area contributed by atoms with E-state index >= 15 is 0 Å². The second-order valence-electron chi connectivity index (χ2n) is 12.5. The van der Waals surface area contributed by atoms with Gasteiger partial charge in [0, 0.05) is 6.54 Å². The van der Waals surface area contributed by atoms with E-state index < -0.39 is 0 Å². The third kappa shape index (κ3) is 8.57. The van der Waals surface area contributed by atoms with E-state index in [1.165, 1.54) is 105 Å². The minimum Gasteiger partial charge on any atom is -0.353 e. The van der Waals surface area contributed by atoms with E-state index in [1.54, 1.807) is 5.56 Å². The van der Waals surface area contributed by atoms with Gasteiger partial charge >= 0.3 is 0 Å². The summed E-state index contributed by atoms with van der Waals surface area (Å²) in [5.41, 5.74) is 7.08. The Hall–Kier alpha value is -2.35. The molecular formula is C37H53NO. The van der Waals surface area contributed by atoms with Crippen molar-refractivity contribution in [1.29, 1.82) is 0 Å². The predicted molar refractivity (Wildman–Crippen MR) is 167 cm³/mol. The normalized spacial score (nSPS) is 23.3. The minimum absolute atomic E-state index is 0.0932. The molecule has 39 heavy (non-hydrogen) atoms. The van der Waals surface area contributed by atoms with Gasteiger partial charge in [-0.3, -0.25) is 4.79 Å². The Kier molecular flexibility index (Phi) is 11.7. The van der Waals surface area contributed by atoms with Crippen molar-refractivity contribution in [2.45, 2.75) is 116 Å². The molecule has 2 aromatic rings. The minimum atomic E-state index is -0.0932. The van der Waals surface area contributed by atoms with Crippen molar-refractivity contribution in [1.82, 2.24) is 5.32 Å².